The summed E-state index contributed by atoms with van der Waals surface area (Å²) in [6, 6.07) is 0. The van der Waals surface area contributed by atoms with E-state index in [-0.39, 0.29) is 25.9 Å². The quantitative estimate of drug-likeness (QED) is 0.0197. The number of aliphatic hydroxyl groups is 1. The fraction of sp³-hybridized carbons (Fsp3) is 0.870. The molecule has 0 bridgehead atoms. The monoisotopic (exact) mass is 957 g/mol. The van der Waals surface area contributed by atoms with Crippen molar-refractivity contribution < 1.29 is 52.2 Å². The number of rotatable bonds is 51. The molecule has 0 rings (SSSR count). The van der Waals surface area contributed by atoms with E-state index in [9.17, 15) is 28.9 Å². The first-order chi connectivity index (χ1) is 32.2. The van der Waals surface area contributed by atoms with Gasteiger partial charge in [-0.2, -0.15) is 0 Å². The fourth-order valence-electron chi connectivity index (χ4n) is 7.61. The summed E-state index contributed by atoms with van der Waals surface area (Å²) in [6.45, 7) is 4.57. The predicted octanol–water partition coefficient (Wildman–Crippen LogP) is 15.5. The first kappa shape index (κ1) is 64.0. The van der Waals surface area contributed by atoms with Crippen LogP contribution in [0.2, 0.25) is 0 Å². The number of aliphatic hydroxyl groups excluding tert-OH is 1. The largest absolute Gasteiger partial charge is 0.472 e. The van der Waals surface area contributed by atoms with Gasteiger partial charge < -0.3 is 24.2 Å². The highest BCUT2D eigenvalue weighted by Gasteiger charge is 2.28. The first-order valence-corrected chi connectivity index (χ1v) is 28.7. The summed E-state index contributed by atoms with van der Waals surface area (Å²) in [5, 5.41) is 9.76. The molecular weight excluding hydrogens is 856 g/mol. The van der Waals surface area contributed by atoms with Crippen molar-refractivity contribution in [3.8, 4) is 0 Å². The Kier molecular flexibility index (Phi) is 47.9. The number of phosphoric ester groups is 1. The highest BCUT2D eigenvalue weighted by Crippen LogP contribution is 2.43. The molecule has 0 aromatic rings. The molecule has 388 valence electrons. The summed E-state index contributed by atoms with van der Waals surface area (Å²) >= 11 is 0. The molecule has 0 saturated heterocycles. The van der Waals surface area contributed by atoms with Gasteiger partial charge in [-0.1, -0.05) is 212 Å². The lowest BCUT2D eigenvalue weighted by atomic mass is 10.0. The molecule has 0 heterocycles. The minimum absolute atomic E-state index is 0.161. The molecule has 0 amide bonds. The van der Waals surface area contributed by atoms with E-state index in [4.69, 9.17) is 23.3 Å². The van der Waals surface area contributed by atoms with E-state index in [1.54, 1.807) is 0 Å². The predicted molar refractivity (Wildman–Crippen MR) is 270 cm³/mol. The zero-order valence-electron chi connectivity index (χ0n) is 42.7. The highest BCUT2D eigenvalue weighted by atomic mass is 31.2. The lowest BCUT2D eigenvalue weighted by Crippen LogP contribution is -2.30. The molecule has 0 aliphatic rings. The molecular formula is C54H101O11P. The van der Waals surface area contributed by atoms with Gasteiger partial charge in [-0.25, -0.2) is 4.57 Å². The number of ether oxygens (including phenoxy) is 3. The Morgan fingerprint density at radius 1 is 0.409 bits per heavy atom. The number of esters is 3. The van der Waals surface area contributed by atoms with Crippen LogP contribution in [-0.4, -0.2) is 66.5 Å². The molecule has 3 unspecified atom stereocenters. The van der Waals surface area contributed by atoms with Crippen LogP contribution in [0.25, 0.3) is 0 Å². The smallest absolute Gasteiger partial charge is 0.462 e. The van der Waals surface area contributed by atoms with Gasteiger partial charge in [0.25, 0.3) is 0 Å². The van der Waals surface area contributed by atoms with Crippen LogP contribution in [0.3, 0.4) is 0 Å². The van der Waals surface area contributed by atoms with Crippen LogP contribution < -0.4 is 0 Å². The number of carbonyl (C=O) groups is 3. The minimum Gasteiger partial charge on any atom is -0.462 e. The van der Waals surface area contributed by atoms with Crippen LogP contribution in [0.15, 0.2) is 24.3 Å². The molecule has 3 atom stereocenters. The Morgan fingerprint density at radius 3 is 1.09 bits per heavy atom. The van der Waals surface area contributed by atoms with E-state index in [0.29, 0.717) is 19.3 Å². The Hall–Kier alpha value is -2.04. The van der Waals surface area contributed by atoms with Gasteiger partial charge in [-0.15, -0.1) is 0 Å². The lowest BCUT2D eigenvalue weighted by molar-refractivity contribution is -0.161. The summed E-state index contributed by atoms with van der Waals surface area (Å²) < 4.78 is 39.3. The summed E-state index contributed by atoms with van der Waals surface area (Å²) in [7, 11) is -4.74. The SMILES string of the molecule is CCCC/C=C\CCCCCCCC(=O)OC(CO)COP(=O)(O)OCC(COC(=O)CCCCCCCCCCCCCCCCCCC)OC(=O)CCCCCCC/C=C\CCCC. The second-order valence-corrected chi connectivity index (χ2v) is 19.8. The Morgan fingerprint density at radius 2 is 0.712 bits per heavy atom. The van der Waals surface area contributed by atoms with Crippen molar-refractivity contribution >= 4 is 25.7 Å². The second kappa shape index (κ2) is 49.4. The van der Waals surface area contributed by atoms with Crippen molar-refractivity contribution in [2.24, 2.45) is 0 Å². The van der Waals surface area contributed by atoms with Gasteiger partial charge in [-0.05, 0) is 57.8 Å². The van der Waals surface area contributed by atoms with Crippen molar-refractivity contribution in [3.63, 3.8) is 0 Å². The molecule has 11 nitrogen and oxygen atoms in total. The van der Waals surface area contributed by atoms with E-state index in [2.05, 4.69) is 45.1 Å². The number of allylic oxidation sites excluding steroid dienone is 4. The van der Waals surface area contributed by atoms with Crippen LogP contribution in [0.1, 0.15) is 265 Å². The number of unbranched alkanes of at least 4 members (excludes halogenated alkanes) is 30. The first-order valence-electron chi connectivity index (χ1n) is 27.2. The molecule has 12 heteroatoms. The van der Waals surface area contributed by atoms with Crippen LogP contribution in [0.4, 0.5) is 0 Å². The third-order valence-corrected chi connectivity index (χ3v) is 12.8. The van der Waals surface area contributed by atoms with Gasteiger partial charge in [-0.3, -0.25) is 23.4 Å². The van der Waals surface area contributed by atoms with E-state index < -0.39 is 57.8 Å². The van der Waals surface area contributed by atoms with E-state index >= 15 is 0 Å². The maximum Gasteiger partial charge on any atom is 0.472 e. The Balaban J connectivity index is 4.66. The summed E-state index contributed by atoms with van der Waals surface area (Å²) in [5.41, 5.74) is 0. The zero-order chi connectivity index (χ0) is 48.4. The molecule has 0 radical (unpaired) electrons. The third kappa shape index (κ3) is 47.0. The fourth-order valence-corrected chi connectivity index (χ4v) is 8.40. The molecule has 0 saturated carbocycles. The molecule has 0 fully saturated rings. The topological polar surface area (TPSA) is 155 Å². The van der Waals surface area contributed by atoms with Gasteiger partial charge in [0, 0.05) is 19.3 Å². The van der Waals surface area contributed by atoms with Gasteiger partial charge in [0.15, 0.2) is 6.10 Å². The Bertz CT molecular complexity index is 1210. The van der Waals surface area contributed by atoms with Crippen LogP contribution in [-0.2, 0) is 42.2 Å². The van der Waals surface area contributed by atoms with Gasteiger partial charge in [0.1, 0.15) is 12.7 Å². The van der Waals surface area contributed by atoms with Gasteiger partial charge in [0.05, 0.1) is 19.8 Å². The van der Waals surface area contributed by atoms with Crippen LogP contribution in [0.5, 0.6) is 0 Å². The summed E-state index contributed by atoms with van der Waals surface area (Å²) in [4.78, 5) is 48.3. The third-order valence-electron chi connectivity index (χ3n) is 11.8. The molecule has 0 aromatic heterocycles. The maximum atomic E-state index is 12.8. The second-order valence-electron chi connectivity index (χ2n) is 18.4. The van der Waals surface area contributed by atoms with Crippen molar-refractivity contribution in [3.05, 3.63) is 24.3 Å². The Labute approximate surface area is 404 Å². The number of phosphoric acid groups is 1. The van der Waals surface area contributed by atoms with Gasteiger partial charge in [0.2, 0.25) is 0 Å². The van der Waals surface area contributed by atoms with Crippen molar-refractivity contribution in [2.75, 3.05) is 26.4 Å². The van der Waals surface area contributed by atoms with Crippen LogP contribution in [0, 0.1) is 0 Å². The average Bonchev–Trinajstić information content (AvgIpc) is 3.30. The number of hydrogen-bond donors (Lipinski definition) is 2. The maximum absolute atomic E-state index is 12.8. The van der Waals surface area contributed by atoms with Crippen molar-refractivity contribution in [1.29, 1.82) is 0 Å². The molecule has 0 aliphatic heterocycles. The van der Waals surface area contributed by atoms with Crippen molar-refractivity contribution in [2.45, 2.75) is 277 Å². The molecule has 0 aliphatic carbocycles. The van der Waals surface area contributed by atoms with Crippen molar-refractivity contribution in [1.82, 2.24) is 0 Å². The summed E-state index contributed by atoms with van der Waals surface area (Å²) in [6.07, 6.45) is 47.2. The molecule has 2 N–H and O–H groups in total. The zero-order valence-corrected chi connectivity index (χ0v) is 43.6. The normalized spacial score (nSPS) is 13.6. The highest BCUT2D eigenvalue weighted by molar-refractivity contribution is 7.47. The number of carbonyl (C=O) groups excluding carboxylic acids is 3. The summed E-state index contributed by atoms with van der Waals surface area (Å²) in [5.74, 6) is -1.47. The number of hydrogen-bond acceptors (Lipinski definition) is 10. The molecule has 0 aromatic carbocycles. The van der Waals surface area contributed by atoms with E-state index in [1.165, 1.54) is 109 Å². The van der Waals surface area contributed by atoms with E-state index in [1.807, 2.05) is 0 Å². The lowest BCUT2D eigenvalue weighted by Gasteiger charge is -2.21. The molecule has 66 heavy (non-hydrogen) atoms. The minimum atomic E-state index is -4.74. The van der Waals surface area contributed by atoms with Crippen LogP contribution >= 0.6 is 7.82 Å². The van der Waals surface area contributed by atoms with Gasteiger partial charge >= 0.3 is 25.7 Å². The van der Waals surface area contributed by atoms with E-state index in [0.717, 1.165) is 96.3 Å². The standard InChI is InChI=1S/C54H101O11P/c1-4-7-10-13-16-19-22-23-24-25-26-27-30-31-34-37-40-43-52(56)61-47-51(65-54(58)45-42-39-36-33-29-21-18-15-12-9-6-3)49-63-66(59,60)62-48-50(46-55)64-53(57)44-41-38-35-32-28-20-17-14-11-8-5-2/h14-15,17-18,50-51,55H,4-13,16,19-49H2,1-3H3,(H,59,60)/b17-14-,18-15-. The average molecular weight is 957 g/mol. The molecule has 0 spiro atoms.